The second-order valence-corrected chi connectivity index (χ2v) is 4.81. The number of amides is 1. The molecule has 1 aromatic heterocycles. The molecule has 110 valence electrons. The van der Waals surface area contributed by atoms with Gasteiger partial charge in [-0.2, -0.15) is 0 Å². The molecule has 0 aliphatic heterocycles. The van der Waals surface area contributed by atoms with Crippen LogP contribution in [0.1, 0.15) is 31.1 Å². The Morgan fingerprint density at radius 2 is 2.15 bits per heavy atom. The monoisotopic (exact) mass is 299 g/mol. The average Bonchev–Trinajstić information content (AvgIpc) is 2.38. The topological polar surface area (TPSA) is 85.5 Å². The van der Waals surface area contributed by atoms with Gasteiger partial charge in [-0.25, -0.2) is 4.98 Å². The molecule has 0 radical (unpaired) electrons. The zero-order valence-electron chi connectivity index (χ0n) is 11.7. The summed E-state index contributed by atoms with van der Waals surface area (Å²) in [5, 5.41) is 0.169. The van der Waals surface area contributed by atoms with Crippen molar-refractivity contribution in [2.24, 2.45) is 0 Å². The van der Waals surface area contributed by atoms with Crippen LogP contribution in [-0.4, -0.2) is 41.0 Å². The first-order valence-electron chi connectivity index (χ1n) is 6.24. The minimum atomic E-state index is -0.465. The third-order valence-corrected chi connectivity index (χ3v) is 2.83. The van der Waals surface area contributed by atoms with Crippen molar-refractivity contribution in [2.75, 3.05) is 18.9 Å². The van der Waals surface area contributed by atoms with Crippen LogP contribution in [0.3, 0.4) is 0 Å². The number of ether oxygens (including phenoxy) is 1. The van der Waals surface area contributed by atoms with E-state index in [4.69, 9.17) is 22.1 Å². The van der Waals surface area contributed by atoms with Crippen molar-refractivity contribution in [1.29, 1.82) is 0 Å². The van der Waals surface area contributed by atoms with E-state index in [0.29, 0.717) is 0 Å². The highest BCUT2D eigenvalue weighted by Gasteiger charge is 2.24. The Kier molecular flexibility index (Phi) is 5.76. The minimum absolute atomic E-state index is 0.135. The summed E-state index contributed by atoms with van der Waals surface area (Å²) in [6, 6.07) is 1.21. The summed E-state index contributed by atoms with van der Waals surface area (Å²) < 4.78 is 4.86. The molecule has 0 aliphatic carbocycles. The molecule has 0 aliphatic rings. The highest BCUT2D eigenvalue weighted by molar-refractivity contribution is 6.29. The van der Waals surface area contributed by atoms with E-state index in [1.54, 1.807) is 20.8 Å². The maximum atomic E-state index is 12.5. The predicted octanol–water partition coefficient (Wildman–Crippen LogP) is 1.73. The summed E-state index contributed by atoms with van der Waals surface area (Å²) in [6.07, 6.45) is 1.32. The van der Waals surface area contributed by atoms with E-state index in [2.05, 4.69) is 4.98 Å². The molecule has 0 spiro atoms. The molecule has 0 fully saturated rings. The number of nitrogens with two attached hydrogens (primary N) is 1. The molecule has 0 atom stereocenters. The molecule has 1 aromatic rings. The van der Waals surface area contributed by atoms with Crippen molar-refractivity contribution >= 4 is 29.2 Å². The lowest BCUT2D eigenvalue weighted by Crippen LogP contribution is -2.41. The van der Waals surface area contributed by atoms with Crippen LogP contribution in [0, 0.1) is 0 Å². The van der Waals surface area contributed by atoms with Gasteiger partial charge in [0.1, 0.15) is 11.7 Å². The van der Waals surface area contributed by atoms with Crippen LogP contribution in [0.5, 0.6) is 0 Å². The fourth-order valence-electron chi connectivity index (χ4n) is 1.61. The summed E-state index contributed by atoms with van der Waals surface area (Å²) in [4.78, 5) is 29.2. The fraction of sp³-hybridized carbons (Fsp3) is 0.462. The molecular weight excluding hydrogens is 282 g/mol. The van der Waals surface area contributed by atoms with E-state index in [0.717, 1.165) is 0 Å². The molecule has 0 aromatic carbocycles. The number of hydrogen-bond acceptors (Lipinski definition) is 5. The average molecular weight is 300 g/mol. The molecule has 1 amide bonds. The Balaban J connectivity index is 2.99. The number of rotatable bonds is 5. The lowest BCUT2D eigenvalue weighted by atomic mass is 10.1. The van der Waals surface area contributed by atoms with Crippen molar-refractivity contribution < 1.29 is 14.3 Å². The number of pyridine rings is 1. The quantitative estimate of drug-likeness (QED) is 0.661. The number of esters is 1. The maximum Gasteiger partial charge on any atom is 0.325 e. The highest BCUT2D eigenvalue weighted by Crippen LogP contribution is 2.18. The van der Waals surface area contributed by atoms with Crippen LogP contribution >= 0.6 is 11.6 Å². The van der Waals surface area contributed by atoms with Crippen LogP contribution in [0.2, 0.25) is 5.15 Å². The van der Waals surface area contributed by atoms with Crippen molar-refractivity contribution in [1.82, 2.24) is 9.88 Å². The van der Waals surface area contributed by atoms with Gasteiger partial charge in [-0.15, -0.1) is 0 Å². The summed E-state index contributed by atoms with van der Waals surface area (Å²) in [6.45, 7) is 5.44. The number of nitrogens with zero attached hydrogens (tertiary/aromatic N) is 2. The Bertz CT molecular complexity index is 506. The van der Waals surface area contributed by atoms with E-state index in [-0.39, 0.29) is 41.5 Å². The van der Waals surface area contributed by atoms with E-state index in [9.17, 15) is 9.59 Å². The van der Waals surface area contributed by atoms with Crippen molar-refractivity contribution in [3.8, 4) is 0 Å². The molecule has 1 rings (SSSR count). The van der Waals surface area contributed by atoms with E-state index in [1.807, 2.05) is 0 Å². The zero-order chi connectivity index (χ0) is 15.3. The first-order valence-corrected chi connectivity index (χ1v) is 6.62. The molecule has 0 saturated heterocycles. The van der Waals surface area contributed by atoms with Crippen LogP contribution in [0.15, 0.2) is 12.3 Å². The van der Waals surface area contributed by atoms with Crippen LogP contribution in [0.25, 0.3) is 0 Å². The summed E-state index contributed by atoms with van der Waals surface area (Å²) in [5.74, 6) is -0.844. The van der Waals surface area contributed by atoms with Crippen LogP contribution in [-0.2, 0) is 9.53 Å². The molecular formula is C13H18ClN3O3. The molecule has 0 bridgehead atoms. The van der Waals surface area contributed by atoms with Crippen molar-refractivity contribution in [3.63, 3.8) is 0 Å². The second kappa shape index (κ2) is 7.09. The van der Waals surface area contributed by atoms with Gasteiger partial charge in [0, 0.05) is 6.04 Å². The molecule has 6 nitrogen and oxygen atoms in total. The van der Waals surface area contributed by atoms with Crippen LogP contribution < -0.4 is 5.73 Å². The number of halogens is 1. The number of hydrogen-bond donors (Lipinski definition) is 1. The molecule has 1 heterocycles. The molecule has 0 saturated carbocycles. The van der Waals surface area contributed by atoms with Gasteiger partial charge in [0.25, 0.3) is 5.91 Å². The molecule has 0 unspecified atom stereocenters. The van der Waals surface area contributed by atoms with E-state index < -0.39 is 5.97 Å². The van der Waals surface area contributed by atoms with E-state index >= 15 is 0 Å². The lowest BCUT2D eigenvalue weighted by Gasteiger charge is -2.26. The SMILES string of the molecule is CCOC(=O)CN(C(=O)c1cc(Cl)ncc1N)C(C)C. The number of anilines is 1. The Morgan fingerprint density at radius 1 is 1.50 bits per heavy atom. The first-order chi connectivity index (χ1) is 9.36. The van der Waals surface area contributed by atoms with Gasteiger partial charge in [-0.1, -0.05) is 11.6 Å². The predicted molar refractivity (Wildman–Crippen MR) is 76.5 cm³/mol. The smallest absolute Gasteiger partial charge is 0.325 e. The van der Waals surface area contributed by atoms with E-state index in [1.165, 1.54) is 17.2 Å². The van der Waals surface area contributed by atoms with Gasteiger partial charge < -0.3 is 15.4 Å². The third kappa shape index (κ3) is 4.09. The minimum Gasteiger partial charge on any atom is -0.465 e. The Morgan fingerprint density at radius 3 is 2.70 bits per heavy atom. The zero-order valence-corrected chi connectivity index (χ0v) is 12.5. The Labute approximate surface area is 122 Å². The lowest BCUT2D eigenvalue weighted by molar-refractivity contribution is -0.144. The Hall–Kier alpha value is -1.82. The van der Waals surface area contributed by atoms with Gasteiger partial charge in [0.05, 0.1) is 24.1 Å². The number of carbonyl (C=O) groups is 2. The van der Waals surface area contributed by atoms with Gasteiger partial charge in [-0.05, 0) is 26.8 Å². The van der Waals surface area contributed by atoms with Crippen LogP contribution in [0.4, 0.5) is 5.69 Å². The number of carbonyl (C=O) groups excluding carboxylic acids is 2. The van der Waals surface area contributed by atoms with Gasteiger partial charge in [0.2, 0.25) is 0 Å². The summed E-state index contributed by atoms with van der Waals surface area (Å²) in [5.41, 5.74) is 6.17. The normalized spacial score (nSPS) is 10.4. The molecule has 2 N–H and O–H groups in total. The summed E-state index contributed by atoms with van der Waals surface area (Å²) >= 11 is 5.77. The van der Waals surface area contributed by atoms with Gasteiger partial charge >= 0.3 is 5.97 Å². The number of nitrogen functional groups attached to an aromatic ring is 1. The molecule has 7 heteroatoms. The second-order valence-electron chi connectivity index (χ2n) is 4.43. The summed E-state index contributed by atoms with van der Waals surface area (Å²) in [7, 11) is 0. The largest absolute Gasteiger partial charge is 0.465 e. The van der Waals surface area contributed by atoms with Gasteiger partial charge in [0.15, 0.2) is 0 Å². The van der Waals surface area contributed by atoms with Crippen molar-refractivity contribution in [2.45, 2.75) is 26.8 Å². The van der Waals surface area contributed by atoms with Gasteiger partial charge in [-0.3, -0.25) is 9.59 Å². The third-order valence-electron chi connectivity index (χ3n) is 2.62. The first kappa shape index (κ1) is 16.2. The molecule has 20 heavy (non-hydrogen) atoms. The maximum absolute atomic E-state index is 12.5. The fourth-order valence-corrected chi connectivity index (χ4v) is 1.77. The standard InChI is InChI=1S/C13H18ClN3O3/c1-4-20-12(18)7-17(8(2)3)13(19)9-5-11(14)16-6-10(9)15/h5-6,8H,4,7,15H2,1-3H3. The number of aromatic nitrogens is 1. The van der Waals surface area contributed by atoms with Crippen molar-refractivity contribution in [3.05, 3.63) is 23.0 Å². The highest BCUT2D eigenvalue weighted by atomic mass is 35.5.